The van der Waals surface area contributed by atoms with Gasteiger partial charge in [-0.25, -0.2) is 4.98 Å². The molecule has 0 bridgehead atoms. The quantitative estimate of drug-likeness (QED) is 0.766. The van der Waals surface area contributed by atoms with Crippen LogP contribution in [-0.2, 0) is 0 Å². The van der Waals surface area contributed by atoms with Gasteiger partial charge in [-0.1, -0.05) is 6.92 Å². The van der Waals surface area contributed by atoms with Crippen LogP contribution in [0.5, 0.6) is 0 Å². The molecule has 0 fully saturated rings. The number of nitrogens with two attached hydrogens (primary N) is 1. The number of nitrogens with one attached hydrogen (secondary N) is 1. The molecular weight excluding hydrogens is 190 g/mol. The number of hydrogen-bond donors (Lipinski definition) is 2. The van der Waals surface area contributed by atoms with Crippen molar-refractivity contribution in [3.05, 3.63) is 17.3 Å². The lowest BCUT2D eigenvalue weighted by Gasteiger charge is -2.08. The van der Waals surface area contributed by atoms with E-state index in [2.05, 4.69) is 10.3 Å². The summed E-state index contributed by atoms with van der Waals surface area (Å²) < 4.78 is 0. The minimum absolute atomic E-state index is 0.189. The number of anilines is 2. The molecule has 0 radical (unpaired) electrons. The summed E-state index contributed by atoms with van der Waals surface area (Å²) in [6.45, 7) is 2.72. The molecule has 0 saturated heterocycles. The van der Waals surface area contributed by atoms with E-state index in [4.69, 9.17) is 16.3 Å². The molecule has 0 saturated carbocycles. The van der Waals surface area contributed by atoms with E-state index < -0.39 is 0 Å². The minimum Gasteiger partial charge on any atom is -0.396 e. The van der Waals surface area contributed by atoms with Crippen molar-refractivity contribution in [2.24, 2.45) is 0 Å². The van der Waals surface area contributed by atoms with Crippen LogP contribution in [0.4, 0.5) is 11.5 Å². The summed E-state index contributed by atoms with van der Waals surface area (Å²) in [6, 6.07) is 3.83. The van der Waals surface area contributed by atoms with Crippen LogP contribution in [0, 0.1) is 22.7 Å². The van der Waals surface area contributed by atoms with Crippen LogP contribution >= 0.6 is 0 Å². The lowest BCUT2D eigenvalue weighted by molar-refractivity contribution is 0.968. The maximum atomic E-state index is 8.90. The lowest BCUT2D eigenvalue weighted by atomic mass is 10.1. The number of pyridine rings is 1. The predicted molar refractivity (Wildman–Crippen MR) is 56.9 cm³/mol. The van der Waals surface area contributed by atoms with Crippen molar-refractivity contribution < 1.29 is 0 Å². The Morgan fingerprint density at radius 3 is 2.73 bits per heavy atom. The maximum Gasteiger partial charge on any atom is 0.146 e. The van der Waals surface area contributed by atoms with E-state index >= 15 is 0 Å². The van der Waals surface area contributed by atoms with Gasteiger partial charge < -0.3 is 11.1 Å². The van der Waals surface area contributed by atoms with Gasteiger partial charge in [0.1, 0.15) is 23.5 Å². The first kappa shape index (κ1) is 10.8. The number of nitrogen functional groups attached to an aromatic ring is 1. The highest BCUT2D eigenvalue weighted by Crippen LogP contribution is 2.21. The smallest absolute Gasteiger partial charge is 0.146 e. The van der Waals surface area contributed by atoms with E-state index in [-0.39, 0.29) is 16.8 Å². The SMILES string of the molecule is CCCNc1ncc(C#N)c(N)c1C#N. The number of hydrogen-bond acceptors (Lipinski definition) is 5. The Bertz CT molecular complexity index is 438. The molecule has 76 valence electrons. The van der Waals surface area contributed by atoms with Gasteiger partial charge >= 0.3 is 0 Å². The highest BCUT2D eigenvalue weighted by Gasteiger charge is 2.11. The molecule has 1 heterocycles. The van der Waals surface area contributed by atoms with Crippen LogP contribution in [0.2, 0.25) is 0 Å². The van der Waals surface area contributed by atoms with Gasteiger partial charge in [-0.2, -0.15) is 10.5 Å². The zero-order chi connectivity index (χ0) is 11.3. The maximum absolute atomic E-state index is 8.90. The van der Waals surface area contributed by atoms with E-state index in [1.807, 2.05) is 19.1 Å². The fourth-order valence-electron chi connectivity index (χ4n) is 1.11. The van der Waals surface area contributed by atoms with Gasteiger partial charge in [0.2, 0.25) is 0 Å². The van der Waals surface area contributed by atoms with Gasteiger partial charge in [0, 0.05) is 12.7 Å². The molecule has 1 aromatic heterocycles. The Hall–Kier alpha value is -2.27. The van der Waals surface area contributed by atoms with E-state index in [1.54, 1.807) is 0 Å². The zero-order valence-corrected chi connectivity index (χ0v) is 8.41. The summed E-state index contributed by atoms with van der Waals surface area (Å²) in [5.74, 6) is 0.441. The Labute approximate surface area is 88.2 Å². The molecule has 0 unspecified atom stereocenters. The monoisotopic (exact) mass is 201 g/mol. The second kappa shape index (κ2) is 4.83. The average Bonchev–Trinajstić information content (AvgIpc) is 2.26. The summed E-state index contributed by atoms with van der Waals surface area (Å²) in [5, 5.41) is 20.6. The highest BCUT2D eigenvalue weighted by molar-refractivity contribution is 5.71. The zero-order valence-electron chi connectivity index (χ0n) is 8.41. The molecule has 1 rings (SSSR count). The summed E-state index contributed by atoms with van der Waals surface area (Å²) in [5.41, 5.74) is 6.31. The first-order valence-electron chi connectivity index (χ1n) is 4.57. The highest BCUT2D eigenvalue weighted by atomic mass is 15.0. The molecule has 0 aliphatic carbocycles. The molecule has 1 aromatic rings. The molecule has 0 aliphatic heterocycles. The third-order valence-electron chi connectivity index (χ3n) is 1.89. The molecule has 3 N–H and O–H groups in total. The van der Waals surface area contributed by atoms with Crippen molar-refractivity contribution in [2.75, 3.05) is 17.6 Å². The van der Waals surface area contributed by atoms with E-state index in [1.165, 1.54) is 6.20 Å². The van der Waals surface area contributed by atoms with Crippen LogP contribution in [0.3, 0.4) is 0 Å². The van der Waals surface area contributed by atoms with Gasteiger partial charge in [0.05, 0.1) is 11.3 Å². The molecule has 0 aromatic carbocycles. The second-order valence-electron chi connectivity index (χ2n) is 2.96. The molecule has 0 amide bonds. The largest absolute Gasteiger partial charge is 0.396 e. The topological polar surface area (TPSA) is 98.5 Å². The summed E-state index contributed by atoms with van der Waals surface area (Å²) >= 11 is 0. The standard InChI is InChI=1S/C10H11N5/c1-2-3-14-10-8(5-12)9(13)7(4-11)6-15-10/h6H,2-3H2,1H3,(H3,13,14,15). The van der Waals surface area contributed by atoms with Crippen LogP contribution in [0.15, 0.2) is 6.20 Å². The molecule has 0 atom stereocenters. The summed E-state index contributed by atoms with van der Waals surface area (Å²) in [7, 11) is 0. The molecule has 0 aliphatic rings. The fraction of sp³-hybridized carbons (Fsp3) is 0.300. The Morgan fingerprint density at radius 2 is 2.20 bits per heavy atom. The second-order valence-corrected chi connectivity index (χ2v) is 2.96. The summed E-state index contributed by atoms with van der Waals surface area (Å²) in [6.07, 6.45) is 2.29. The predicted octanol–water partition coefficient (Wildman–Crippen LogP) is 1.23. The number of nitrogens with zero attached hydrogens (tertiary/aromatic N) is 3. The first-order valence-corrected chi connectivity index (χ1v) is 4.57. The Kier molecular flexibility index (Phi) is 3.48. The molecular formula is C10H11N5. The average molecular weight is 201 g/mol. The van der Waals surface area contributed by atoms with Crippen LogP contribution < -0.4 is 11.1 Å². The number of rotatable bonds is 3. The van der Waals surface area contributed by atoms with E-state index in [9.17, 15) is 0 Å². The fourth-order valence-corrected chi connectivity index (χ4v) is 1.11. The van der Waals surface area contributed by atoms with Crippen LogP contribution in [0.1, 0.15) is 24.5 Å². The van der Waals surface area contributed by atoms with E-state index in [0.29, 0.717) is 12.4 Å². The van der Waals surface area contributed by atoms with Gasteiger partial charge in [-0.05, 0) is 6.42 Å². The number of aromatic nitrogens is 1. The molecule has 15 heavy (non-hydrogen) atoms. The van der Waals surface area contributed by atoms with Gasteiger partial charge in [-0.15, -0.1) is 0 Å². The van der Waals surface area contributed by atoms with Gasteiger partial charge in [-0.3, -0.25) is 0 Å². The molecule has 5 nitrogen and oxygen atoms in total. The van der Waals surface area contributed by atoms with Gasteiger partial charge in [0.25, 0.3) is 0 Å². The van der Waals surface area contributed by atoms with Crippen molar-refractivity contribution >= 4 is 11.5 Å². The van der Waals surface area contributed by atoms with Crippen molar-refractivity contribution in [1.29, 1.82) is 10.5 Å². The third-order valence-corrected chi connectivity index (χ3v) is 1.89. The van der Waals surface area contributed by atoms with Crippen molar-refractivity contribution in [1.82, 2.24) is 4.98 Å². The Morgan fingerprint density at radius 1 is 1.47 bits per heavy atom. The Balaban J connectivity index is 3.16. The molecule has 0 spiro atoms. The lowest BCUT2D eigenvalue weighted by Crippen LogP contribution is -2.07. The van der Waals surface area contributed by atoms with Crippen molar-refractivity contribution in [2.45, 2.75) is 13.3 Å². The normalized spacial score (nSPS) is 9.00. The minimum atomic E-state index is 0.189. The van der Waals surface area contributed by atoms with Crippen LogP contribution in [0.25, 0.3) is 0 Å². The van der Waals surface area contributed by atoms with Crippen molar-refractivity contribution in [3.8, 4) is 12.1 Å². The van der Waals surface area contributed by atoms with E-state index in [0.717, 1.165) is 6.42 Å². The molecule has 5 heteroatoms. The third kappa shape index (κ3) is 2.15. The van der Waals surface area contributed by atoms with Crippen molar-refractivity contribution in [3.63, 3.8) is 0 Å². The summed E-state index contributed by atoms with van der Waals surface area (Å²) in [4.78, 5) is 3.98. The van der Waals surface area contributed by atoms with Gasteiger partial charge in [0.15, 0.2) is 0 Å². The first-order chi connectivity index (χ1) is 7.24. The van der Waals surface area contributed by atoms with Crippen LogP contribution in [-0.4, -0.2) is 11.5 Å². The number of nitriles is 2.